The summed E-state index contributed by atoms with van der Waals surface area (Å²) in [5.41, 5.74) is 5.52. The average Bonchev–Trinajstić information content (AvgIpc) is 3.35. The maximum atomic E-state index is 13.7. The number of fused-ring (bicyclic) bond motifs is 4. The Labute approximate surface area is 194 Å². The molecule has 2 saturated heterocycles. The van der Waals surface area contributed by atoms with Gasteiger partial charge in [0.1, 0.15) is 11.3 Å². The van der Waals surface area contributed by atoms with Gasteiger partial charge in [-0.3, -0.25) is 29.4 Å². The highest BCUT2D eigenvalue weighted by Gasteiger charge is 2.70. The van der Waals surface area contributed by atoms with Crippen LogP contribution in [0.4, 0.5) is 5.69 Å². The van der Waals surface area contributed by atoms with Crippen LogP contribution in [0, 0.1) is 11.8 Å². The molecule has 5 rings (SSSR count). The third kappa shape index (κ3) is 3.03. The van der Waals surface area contributed by atoms with Crippen LogP contribution in [0.1, 0.15) is 17.5 Å². The van der Waals surface area contributed by atoms with Gasteiger partial charge in [-0.2, -0.15) is 0 Å². The number of likely N-dealkylation sites (tertiary alicyclic amines) is 1. The van der Waals surface area contributed by atoms with Crippen molar-refractivity contribution in [1.29, 1.82) is 0 Å². The predicted molar refractivity (Wildman–Crippen MR) is 118 cm³/mol. The minimum absolute atomic E-state index is 0.0397. The molecule has 0 saturated carbocycles. The van der Waals surface area contributed by atoms with Crippen molar-refractivity contribution in [2.45, 2.75) is 24.5 Å². The van der Waals surface area contributed by atoms with Gasteiger partial charge in [-0.1, -0.05) is 35.9 Å². The summed E-state index contributed by atoms with van der Waals surface area (Å²) < 4.78 is 5.16. The normalized spacial score (nSPS) is 27.6. The second kappa shape index (κ2) is 7.57. The molecule has 3 aliphatic heterocycles. The number of hydrogen-bond donors (Lipinski definition) is 3. The molecule has 2 aromatic rings. The number of para-hydroxylation sites is 1. The minimum Gasteiger partial charge on any atom is -0.497 e. The van der Waals surface area contributed by atoms with Gasteiger partial charge in [-0.15, -0.1) is 0 Å². The van der Waals surface area contributed by atoms with Crippen molar-refractivity contribution >= 4 is 40.9 Å². The second-order valence-corrected chi connectivity index (χ2v) is 8.87. The summed E-state index contributed by atoms with van der Waals surface area (Å²) >= 11 is 6.30. The van der Waals surface area contributed by atoms with Crippen LogP contribution in [0.5, 0.6) is 5.75 Å². The van der Waals surface area contributed by atoms with Gasteiger partial charge < -0.3 is 15.8 Å². The smallest absolute Gasteiger partial charge is 0.250 e. The lowest BCUT2D eigenvalue weighted by atomic mass is 9.76. The van der Waals surface area contributed by atoms with Crippen molar-refractivity contribution in [2.24, 2.45) is 17.6 Å². The predicted octanol–water partition coefficient (Wildman–Crippen LogP) is 1.14. The first-order valence-corrected chi connectivity index (χ1v) is 10.8. The van der Waals surface area contributed by atoms with E-state index in [1.54, 1.807) is 49.6 Å². The van der Waals surface area contributed by atoms with Crippen LogP contribution in [0.2, 0.25) is 5.02 Å². The fourth-order valence-corrected chi connectivity index (χ4v) is 5.54. The summed E-state index contributed by atoms with van der Waals surface area (Å²) in [6.07, 6.45) is -0.193. The molecule has 0 radical (unpaired) electrons. The molecule has 0 bridgehead atoms. The number of rotatable bonds is 5. The molecular weight excluding hydrogens is 448 g/mol. The lowest BCUT2D eigenvalue weighted by Gasteiger charge is -2.29. The Morgan fingerprint density at radius 1 is 1.15 bits per heavy atom. The third-order valence-corrected chi connectivity index (χ3v) is 7.03. The van der Waals surface area contributed by atoms with E-state index in [-0.39, 0.29) is 13.0 Å². The molecule has 0 unspecified atom stereocenters. The Morgan fingerprint density at radius 2 is 1.88 bits per heavy atom. The molecule has 4 N–H and O–H groups in total. The highest BCUT2D eigenvalue weighted by Crippen LogP contribution is 2.54. The Hall–Kier alpha value is -3.43. The summed E-state index contributed by atoms with van der Waals surface area (Å²) in [5.74, 6) is -3.35. The van der Waals surface area contributed by atoms with Crippen molar-refractivity contribution in [1.82, 2.24) is 10.2 Å². The molecule has 9 nitrogen and oxygen atoms in total. The molecule has 2 aromatic carbocycles. The second-order valence-electron chi connectivity index (χ2n) is 8.46. The molecular formula is C23H21ClN4O5. The Bertz CT molecular complexity index is 1200. The van der Waals surface area contributed by atoms with E-state index in [2.05, 4.69) is 10.6 Å². The van der Waals surface area contributed by atoms with E-state index in [0.717, 1.165) is 10.5 Å². The number of carbonyl (C=O) groups excluding carboxylic acids is 4. The zero-order valence-electron chi connectivity index (χ0n) is 17.6. The quantitative estimate of drug-likeness (QED) is 0.564. The average molecular weight is 469 g/mol. The number of nitrogens with two attached hydrogens (primary N) is 1. The van der Waals surface area contributed by atoms with Crippen LogP contribution >= 0.6 is 11.6 Å². The Morgan fingerprint density at radius 3 is 2.55 bits per heavy atom. The van der Waals surface area contributed by atoms with E-state index in [1.165, 1.54) is 0 Å². The first-order valence-electron chi connectivity index (χ1n) is 10.4. The molecule has 10 heteroatoms. The van der Waals surface area contributed by atoms with Crippen molar-refractivity contribution < 1.29 is 23.9 Å². The number of benzene rings is 2. The largest absolute Gasteiger partial charge is 0.497 e. The number of anilines is 1. The van der Waals surface area contributed by atoms with Crippen LogP contribution in [0.3, 0.4) is 0 Å². The summed E-state index contributed by atoms with van der Waals surface area (Å²) in [6, 6.07) is 11.2. The monoisotopic (exact) mass is 468 g/mol. The fraction of sp³-hybridized carbons (Fsp3) is 0.304. The van der Waals surface area contributed by atoms with Gasteiger partial charge in [0, 0.05) is 18.0 Å². The summed E-state index contributed by atoms with van der Waals surface area (Å²) in [4.78, 5) is 53.4. The van der Waals surface area contributed by atoms with E-state index in [9.17, 15) is 19.2 Å². The zero-order chi connectivity index (χ0) is 23.5. The number of halogens is 1. The van der Waals surface area contributed by atoms with Gasteiger partial charge in [0.2, 0.25) is 23.6 Å². The SMILES string of the molecule is COc1ccc(CN2C(=O)[C@H]3[C@H](CC(N)=O)N[C@@]4(C(=O)Nc5c(Cl)cccc54)[C@@H]3C2=O)cc1. The molecule has 1 spiro atoms. The number of imide groups is 1. The van der Waals surface area contributed by atoms with Gasteiger partial charge in [0.25, 0.3) is 0 Å². The molecule has 170 valence electrons. The maximum absolute atomic E-state index is 13.7. The van der Waals surface area contributed by atoms with Crippen molar-refractivity contribution in [2.75, 3.05) is 12.4 Å². The zero-order valence-corrected chi connectivity index (χ0v) is 18.4. The van der Waals surface area contributed by atoms with Crippen LogP contribution in [-0.4, -0.2) is 41.7 Å². The van der Waals surface area contributed by atoms with Crippen molar-refractivity contribution in [3.05, 3.63) is 58.6 Å². The number of methoxy groups -OCH3 is 1. The number of hydrogen-bond acceptors (Lipinski definition) is 6. The maximum Gasteiger partial charge on any atom is 0.250 e. The number of nitrogens with zero attached hydrogens (tertiary/aromatic N) is 1. The summed E-state index contributed by atoms with van der Waals surface area (Å²) in [6.45, 7) is 0.0397. The van der Waals surface area contributed by atoms with Crippen LogP contribution in [-0.2, 0) is 31.3 Å². The van der Waals surface area contributed by atoms with Gasteiger partial charge in [0.15, 0.2) is 0 Å². The van der Waals surface area contributed by atoms with Gasteiger partial charge in [-0.25, -0.2) is 0 Å². The summed E-state index contributed by atoms with van der Waals surface area (Å²) in [5, 5.41) is 6.21. The van der Waals surface area contributed by atoms with Gasteiger partial charge >= 0.3 is 0 Å². The Kier molecular flexibility index (Phi) is 4.91. The number of ether oxygens (including phenoxy) is 1. The van der Waals surface area contributed by atoms with E-state index < -0.39 is 47.0 Å². The Balaban J connectivity index is 1.58. The standard InChI is InChI=1S/C23H21ClN4O5/c1-33-12-7-5-11(6-8-12)10-28-20(30)17-15(9-16(25)29)27-23(18(17)21(28)31)13-3-2-4-14(24)19(13)26-22(23)32/h2-8,15,17-18,27H,9-10H2,1H3,(H2,25,29)(H,26,32)/t15-,17-,18-,23+/m0/s1. The molecule has 0 aromatic heterocycles. The van der Waals surface area contributed by atoms with Crippen LogP contribution < -0.4 is 21.1 Å². The minimum atomic E-state index is -1.52. The molecule has 4 amide bonds. The van der Waals surface area contributed by atoms with Crippen LogP contribution in [0.25, 0.3) is 0 Å². The molecule has 3 aliphatic rings. The van der Waals surface area contributed by atoms with Crippen LogP contribution in [0.15, 0.2) is 42.5 Å². The first kappa shape index (κ1) is 21.4. The molecule has 3 heterocycles. The summed E-state index contributed by atoms with van der Waals surface area (Å²) in [7, 11) is 1.55. The van der Waals surface area contributed by atoms with Crippen molar-refractivity contribution in [3.8, 4) is 5.75 Å². The van der Waals surface area contributed by atoms with Gasteiger partial charge in [0.05, 0.1) is 36.2 Å². The number of primary amides is 1. The fourth-order valence-electron chi connectivity index (χ4n) is 5.31. The lowest BCUT2D eigenvalue weighted by molar-refractivity contribution is -0.143. The topological polar surface area (TPSA) is 131 Å². The number of amides is 4. The van der Waals surface area contributed by atoms with E-state index >= 15 is 0 Å². The first-order chi connectivity index (χ1) is 15.8. The highest BCUT2D eigenvalue weighted by molar-refractivity contribution is 6.35. The van der Waals surface area contributed by atoms with Crippen molar-refractivity contribution in [3.63, 3.8) is 0 Å². The van der Waals surface area contributed by atoms with E-state index in [1.807, 2.05) is 0 Å². The highest BCUT2D eigenvalue weighted by atomic mass is 35.5. The number of nitrogens with one attached hydrogen (secondary N) is 2. The lowest BCUT2D eigenvalue weighted by Crippen LogP contribution is -2.53. The molecule has 33 heavy (non-hydrogen) atoms. The molecule has 4 atom stereocenters. The van der Waals surface area contributed by atoms with E-state index in [4.69, 9.17) is 22.1 Å². The molecule has 2 fully saturated rings. The number of carbonyl (C=O) groups is 4. The third-order valence-electron chi connectivity index (χ3n) is 6.71. The van der Waals surface area contributed by atoms with Gasteiger partial charge in [-0.05, 0) is 23.8 Å². The van der Waals surface area contributed by atoms with E-state index in [0.29, 0.717) is 22.0 Å². The molecule has 0 aliphatic carbocycles.